The third kappa shape index (κ3) is 6.05. The molecule has 1 unspecified atom stereocenters. The van der Waals surface area contributed by atoms with Crippen LogP contribution in [-0.2, 0) is 6.54 Å². The van der Waals surface area contributed by atoms with Gasteiger partial charge in [-0.05, 0) is 87.2 Å². The average molecular weight is 502 g/mol. The van der Waals surface area contributed by atoms with Gasteiger partial charge in [0.15, 0.2) is 11.5 Å². The van der Waals surface area contributed by atoms with E-state index in [0.29, 0.717) is 23.7 Å². The molecule has 4 rings (SSSR count). The Labute approximate surface area is 218 Å². The molecule has 0 aliphatic carbocycles. The number of nitrogens with zero attached hydrogens (tertiary/aromatic N) is 2. The summed E-state index contributed by atoms with van der Waals surface area (Å²) in [5.41, 5.74) is 4.96. The topological polar surface area (TPSA) is 74.6 Å². The van der Waals surface area contributed by atoms with Gasteiger partial charge in [-0.15, -0.1) is 0 Å². The van der Waals surface area contributed by atoms with Gasteiger partial charge in [-0.1, -0.05) is 18.2 Å². The molecule has 0 aliphatic rings. The quantitative estimate of drug-likeness (QED) is 0.254. The number of para-hydroxylation sites is 2. The maximum absolute atomic E-state index is 13.0. The molecule has 1 heterocycles. The van der Waals surface area contributed by atoms with Crippen LogP contribution in [0.4, 0.5) is 0 Å². The number of benzene rings is 3. The Bertz CT molecular complexity index is 1380. The standard InChI is InChI=1S/C30H35N3O4/c1-20-12-14-24(18-21(20)2)37-17-9-8-16-33-26-11-7-6-10-25(26)32-29(33)22(3)31-30(34)23-13-15-27(35-4)28(19-23)36-5/h6-7,10-15,18-19,22H,8-9,16-17H2,1-5H3,(H,31,34). The monoisotopic (exact) mass is 501 g/mol. The van der Waals surface area contributed by atoms with Crippen LogP contribution in [0.25, 0.3) is 11.0 Å². The molecule has 1 amide bonds. The fourth-order valence-electron chi connectivity index (χ4n) is 4.35. The zero-order valence-electron chi connectivity index (χ0n) is 22.2. The predicted octanol–water partition coefficient (Wildman–Crippen LogP) is 6.02. The van der Waals surface area contributed by atoms with Crippen molar-refractivity contribution in [2.24, 2.45) is 0 Å². The van der Waals surface area contributed by atoms with Crippen LogP contribution in [0.15, 0.2) is 60.7 Å². The third-order valence-electron chi connectivity index (χ3n) is 6.59. The minimum absolute atomic E-state index is 0.200. The summed E-state index contributed by atoms with van der Waals surface area (Å²) in [4.78, 5) is 17.9. The predicted molar refractivity (Wildman–Crippen MR) is 146 cm³/mol. The number of fused-ring (bicyclic) bond motifs is 1. The van der Waals surface area contributed by atoms with E-state index in [9.17, 15) is 4.79 Å². The van der Waals surface area contributed by atoms with Crippen LogP contribution in [0.1, 0.15) is 53.1 Å². The molecular weight excluding hydrogens is 466 g/mol. The van der Waals surface area contributed by atoms with E-state index in [1.165, 1.54) is 11.1 Å². The first-order valence-electron chi connectivity index (χ1n) is 12.6. The molecule has 194 valence electrons. The number of unbranched alkanes of at least 4 members (excludes halogenated alkanes) is 1. The number of hydrogen-bond acceptors (Lipinski definition) is 5. The number of amides is 1. The van der Waals surface area contributed by atoms with E-state index in [4.69, 9.17) is 19.2 Å². The Morgan fingerprint density at radius 1 is 0.946 bits per heavy atom. The van der Waals surface area contributed by atoms with Crippen LogP contribution in [0.2, 0.25) is 0 Å². The summed E-state index contributed by atoms with van der Waals surface area (Å²) in [7, 11) is 3.12. The Morgan fingerprint density at radius 3 is 2.49 bits per heavy atom. The second-order valence-corrected chi connectivity index (χ2v) is 9.18. The number of carbonyl (C=O) groups excluding carboxylic acids is 1. The zero-order valence-corrected chi connectivity index (χ0v) is 22.2. The number of imidazole rings is 1. The van der Waals surface area contributed by atoms with E-state index < -0.39 is 0 Å². The van der Waals surface area contributed by atoms with Gasteiger partial charge in [0.2, 0.25) is 0 Å². The number of ether oxygens (including phenoxy) is 3. The lowest BCUT2D eigenvalue weighted by molar-refractivity contribution is 0.0937. The Hall–Kier alpha value is -4.00. The van der Waals surface area contributed by atoms with Gasteiger partial charge < -0.3 is 24.1 Å². The minimum Gasteiger partial charge on any atom is -0.494 e. The lowest BCUT2D eigenvalue weighted by atomic mass is 10.1. The minimum atomic E-state index is -0.292. The molecule has 0 spiro atoms. The SMILES string of the molecule is COc1ccc(C(=O)NC(C)c2nc3ccccc3n2CCCCOc2ccc(C)c(C)c2)cc1OC. The van der Waals surface area contributed by atoms with E-state index in [1.807, 2.05) is 31.2 Å². The molecule has 1 aromatic heterocycles. The van der Waals surface area contributed by atoms with Crippen molar-refractivity contribution in [3.63, 3.8) is 0 Å². The summed E-state index contributed by atoms with van der Waals surface area (Å²) in [5.74, 6) is 2.62. The number of aryl methyl sites for hydroxylation is 3. The molecule has 0 fully saturated rings. The van der Waals surface area contributed by atoms with Crippen molar-refractivity contribution in [3.8, 4) is 17.2 Å². The van der Waals surface area contributed by atoms with E-state index in [-0.39, 0.29) is 11.9 Å². The van der Waals surface area contributed by atoms with Crippen LogP contribution in [-0.4, -0.2) is 36.3 Å². The Kier molecular flexibility index (Phi) is 8.33. The van der Waals surface area contributed by atoms with Crippen LogP contribution < -0.4 is 19.5 Å². The van der Waals surface area contributed by atoms with Crippen molar-refractivity contribution >= 4 is 16.9 Å². The van der Waals surface area contributed by atoms with Gasteiger partial charge in [-0.2, -0.15) is 0 Å². The fraction of sp³-hybridized carbons (Fsp3) is 0.333. The second-order valence-electron chi connectivity index (χ2n) is 9.18. The Balaban J connectivity index is 1.43. The molecule has 0 radical (unpaired) electrons. The fourth-order valence-corrected chi connectivity index (χ4v) is 4.35. The highest BCUT2D eigenvalue weighted by Crippen LogP contribution is 2.28. The molecule has 1 N–H and O–H groups in total. The van der Waals surface area contributed by atoms with Crippen molar-refractivity contribution in [2.45, 2.75) is 46.2 Å². The first kappa shape index (κ1) is 26.1. The Morgan fingerprint density at radius 2 is 1.73 bits per heavy atom. The van der Waals surface area contributed by atoms with Crippen molar-refractivity contribution < 1.29 is 19.0 Å². The van der Waals surface area contributed by atoms with Crippen molar-refractivity contribution in [2.75, 3.05) is 20.8 Å². The molecule has 4 aromatic rings. The van der Waals surface area contributed by atoms with Gasteiger partial charge in [-0.3, -0.25) is 4.79 Å². The molecule has 3 aromatic carbocycles. The number of nitrogens with one attached hydrogen (secondary N) is 1. The number of rotatable bonds is 11. The number of carbonyl (C=O) groups is 1. The molecule has 37 heavy (non-hydrogen) atoms. The van der Waals surface area contributed by atoms with E-state index >= 15 is 0 Å². The first-order valence-corrected chi connectivity index (χ1v) is 12.6. The van der Waals surface area contributed by atoms with Crippen molar-refractivity contribution in [3.05, 3.63) is 83.2 Å². The van der Waals surface area contributed by atoms with E-state index in [1.54, 1.807) is 32.4 Å². The second kappa shape index (κ2) is 11.8. The van der Waals surface area contributed by atoms with Gasteiger partial charge in [0.05, 0.1) is 37.9 Å². The van der Waals surface area contributed by atoms with Gasteiger partial charge in [0.25, 0.3) is 5.91 Å². The summed E-state index contributed by atoms with van der Waals surface area (Å²) in [5, 5.41) is 3.09. The largest absolute Gasteiger partial charge is 0.494 e. The normalized spacial score (nSPS) is 11.8. The van der Waals surface area contributed by atoms with Crippen LogP contribution in [0, 0.1) is 13.8 Å². The molecular formula is C30H35N3O4. The molecule has 0 aliphatic heterocycles. The van der Waals surface area contributed by atoms with E-state index in [0.717, 1.165) is 42.0 Å². The summed E-state index contributed by atoms with van der Waals surface area (Å²) < 4.78 is 18.8. The molecule has 0 saturated carbocycles. The molecule has 7 heteroatoms. The van der Waals surface area contributed by atoms with Crippen LogP contribution >= 0.6 is 0 Å². The summed E-state index contributed by atoms with van der Waals surface area (Å²) in [6.07, 6.45) is 1.83. The lowest BCUT2D eigenvalue weighted by Crippen LogP contribution is -2.28. The van der Waals surface area contributed by atoms with Crippen LogP contribution in [0.3, 0.4) is 0 Å². The number of methoxy groups -OCH3 is 2. The zero-order chi connectivity index (χ0) is 26.4. The molecule has 0 bridgehead atoms. The highest BCUT2D eigenvalue weighted by Gasteiger charge is 2.20. The summed E-state index contributed by atoms with van der Waals surface area (Å²) in [6, 6.07) is 19.1. The van der Waals surface area contributed by atoms with Gasteiger partial charge in [0.1, 0.15) is 11.6 Å². The summed E-state index contributed by atoms with van der Waals surface area (Å²) >= 11 is 0. The maximum atomic E-state index is 13.0. The van der Waals surface area contributed by atoms with Gasteiger partial charge in [-0.25, -0.2) is 4.98 Å². The number of aromatic nitrogens is 2. The number of hydrogen-bond donors (Lipinski definition) is 1. The van der Waals surface area contributed by atoms with Crippen molar-refractivity contribution in [1.82, 2.24) is 14.9 Å². The molecule has 0 saturated heterocycles. The average Bonchev–Trinajstić information content (AvgIpc) is 3.28. The molecule has 1 atom stereocenters. The van der Waals surface area contributed by atoms with Crippen LogP contribution in [0.5, 0.6) is 17.2 Å². The smallest absolute Gasteiger partial charge is 0.251 e. The first-order chi connectivity index (χ1) is 17.9. The maximum Gasteiger partial charge on any atom is 0.251 e. The third-order valence-corrected chi connectivity index (χ3v) is 6.59. The lowest BCUT2D eigenvalue weighted by Gasteiger charge is -2.17. The van der Waals surface area contributed by atoms with Gasteiger partial charge in [0, 0.05) is 12.1 Å². The summed E-state index contributed by atoms with van der Waals surface area (Å²) in [6.45, 7) is 7.58. The highest BCUT2D eigenvalue weighted by atomic mass is 16.5. The molecule has 7 nitrogen and oxygen atoms in total. The van der Waals surface area contributed by atoms with E-state index in [2.05, 4.69) is 41.9 Å². The van der Waals surface area contributed by atoms with Crippen molar-refractivity contribution in [1.29, 1.82) is 0 Å². The highest BCUT2D eigenvalue weighted by molar-refractivity contribution is 5.95. The van der Waals surface area contributed by atoms with Gasteiger partial charge >= 0.3 is 0 Å².